The molecule has 1 aromatic carbocycles. The Morgan fingerprint density at radius 2 is 1.73 bits per heavy atom. The van der Waals surface area contributed by atoms with Gasteiger partial charge in [-0.25, -0.2) is 0 Å². The number of ketones is 2. The number of hydrogen-bond acceptors (Lipinski definition) is 6. The van der Waals surface area contributed by atoms with E-state index in [1.807, 2.05) is 13.8 Å². The van der Waals surface area contributed by atoms with E-state index in [-0.39, 0.29) is 46.1 Å². The van der Waals surface area contributed by atoms with Crippen LogP contribution in [0.25, 0.3) is 0 Å². The van der Waals surface area contributed by atoms with Gasteiger partial charge in [0.25, 0.3) is 10.1 Å². The third kappa shape index (κ3) is 2.82. The van der Waals surface area contributed by atoms with Crippen LogP contribution >= 0.6 is 0 Å². The van der Waals surface area contributed by atoms with Crippen molar-refractivity contribution in [3.63, 3.8) is 0 Å². The van der Waals surface area contributed by atoms with Gasteiger partial charge in [-0.3, -0.25) is 13.8 Å². The van der Waals surface area contributed by atoms with Gasteiger partial charge in [0.05, 0.1) is 22.5 Å². The quantitative estimate of drug-likeness (QED) is 0.532. The second kappa shape index (κ2) is 7.09. The van der Waals surface area contributed by atoms with Crippen LogP contribution in [0.5, 0.6) is 0 Å². The molecule has 6 nitrogen and oxygen atoms in total. The molecule has 4 aliphatic carbocycles. The van der Waals surface area contributed by atoms with Crippen LogP contribution in [0.1, 0.15) is 52.9 Å². The molecule has 7 heteroatoms. The lowest BCUT2D eigenvalue weighted by Crippen LogP contribution is -2.68. The average Bonchev–Trinajstić information content (AvgIpc) is 2.87. The summed E-state index contributed by atoms with van der Waals surface area (Å²) in [6.07, 6.45) is 0.491. The van der Waals surface area contributed by atoms with E-state index in [9.17, 15) is 23.1 Å². The van der Waals surface area contributed by atoms with E-state index < -0.39 is 33.2 Å². The lowest BCUT2D eigenvalue weighted by molar-refractivity contribution is -0.217. The van der Waals surface area contributed by atoms with Crippen molar-refractivity contribution in [1.29, 1.82) is 0 Å². The van der Waals surface area contributed by atoms with Gasteiger partial charge >= 0.3 is 0 Å². The molecule has 33 heavy (non-hydrogen) atoms. The highest BCUT2D eigenvalue weighted by Crippen LogP contribution is 2.71. The minimum atomic E-state index is -4.19. The first-order valence-corrected chi connectivity index (χ1v) is 13.2. The maximum absolute atomic E-state index is 13.8. The second-order valence-electron chi connectivity index (χ2n) is 11.3. The van der Waals surface area contributed by atoms with Crippen LogP contribution in [0.4, 0.5) is 0 Å². The predicted octanol–water partition coefficient (Wildman–Crippen LogP) is 3.69. The molecule has 4 fully saturated rings. The summed E-state index contributed by atoms with van der Waals surface area (Å²) in [6.45, 7) is 9.98. The van der Waals surface area contributed by atoms with E-state index in [2.05, 4.69) is 13.5 Å². The van der Waals surface area contributed by atoms with Crippen LogP contribution in [-0.2, 0) is 23.9 Å². The Morgan fingerprint density at radius 1 is 1.06 bits per heavy atom. The number of aliphatic hydroxyl groups excluding tert-OH is 1. The van der Waals surface area contributed by atoms with Crippen LogP contribution in [0, 0.1) is 34.0 Å². The van der Waals surface area contributed by atoms with Gasteiger partial charge in [0, 0.05) is 17.8 Å². The van der Waals surface area contributed by atoms with Gasteiger partial charge < -0.3 is 5.11 Å². The van der Waals surface area contributed by atoms with Crippen molar-refractivity contribution < 1.29 is 27.3 Å². The first kappa shape index (κ1) is 22.9. The Kier molecular flexibility index (Phi) is 4.93. The summed E-state index contributed by atoms with van der Waals surface area (Å²) in [5.74, 6) is -0.932. The Hall–Kier alpha value is -1.83. The molecule has 0 aromatic heterocycles. The largest absolute Gasteiger partial charge is 0.391 e. The van der Waals surface area contributed by atoms with Gasteiger partial charge in [-0.2, -0.15) is 8.42 Å². The summed E-state index contributed by atoms with van der Waals surface area (Å²) in [4.78, 5) is 26.8. The van der Waals surface area contributed by atoms with Gasteiger partial charge in [-0.1, -0.05) is 45.5 Å². The fraction of sp³-hybridized carbons (Fsp3) is 0.615. The maximum Gasteiger partial charge on any atom is 0.297 e. The highest BCUT2D eigenvalue weighted by Gasteiger charge is 2.75. The first-order valence-electron chi connectivity index (χ1n) is 11.8. The monoisotopic (exact) mass is 472 g/mol. The Labute approximate surface area is 195 Å². The lowest BCUT2D eigenvalue weighted by Gasteiger charge is -2.65. The maximum atomic E-state index is 13.8. The Morgan fingerprint density at radius 3 is 2.39 bits per heavy atom. The van der Waals surface area contributed by atoms with Gasteiger partial charge in [-0.05, 0) is 60.6 Å². The van der Waals surface area contributed by atoms with Crippen molar-refractivity contribution in [2.75, 3.05) is 0 Å². The van der Waals surface area contributed by atoms with Crippen LogP contribution in [0.15, 0.2) is 47.4 Å². The third-order valence-electron chi connectivity index (χ3n) is 9.68. The number of aliphatic hydroxyl groups is 1. The summed E-state index contributed by atoms with van der Waals surface area (Å²) in [6, 6.07) is 7.87. The van der Waals surface area contributed by atoms with Gasteiger partial charge in [-0.15, -0.1) is 0 Å². The van der Waals surface area contributed by atoms with Crippen LogP contribution in [0.3, 0.4) is 0 Å². The number of Topliss-reactive ketones (excluding diaryl/α,β-unsaturated/α-hetero) is 2. The van der Waals surface area contributed by atoms with E-state index in [4.69, 9.17) is 4.18 Å². The molecule has 5 rings (SSSR count). The number of rotatable bonds is 3. The average molecular weight is 473 g/mol. The molecule has 7 atom stereocenters. The van der Waals surface area contributed by atoms with Crippen molar-refractivity contribution in [1.82, 2.24) is 0 Å². The highest BCUT2D eigenvalue weighted by atomic mass is 32.2. The topological polar surface area (TPSA) is 97.7 Å². The molecule has 1 aromatic rings. The van der Waals surface area contributed by atoms with E-state index in [0.29, 0.717) is 31.3 Å². The van der Waals surface area contributed by atoms with Gasteiger partial charge in [0.15, 0.2) is 5.78 Å². The second-order valence-corrected chi connectivity index (χ2v) is 12.8. The number of carbonyl (C=O) groups is 2. The molecule has 0 radical (unpaired) electrons. The zero-order valence-corrected chi connectivity index (χ0v) is 20.2. The van der Waals surface area contributed by atoms with Crippen molar-refractivity contribution in [2.24, 2.45) is 34.0 Å². The molecule has 4 saturated carbocycles. The van der Waals surface area contributed by atoms with Gasteiger partial charge in [0.2, 0.25) is 0 Å². The summed E-state index contributed by atoms with van der Waals surface area (Å²) in [5.41, 5.74) is -2.04. The number of fused-ring (bicyclic) bond motifs is 3. The molecular formula is C26H32O6S. The molecule has 0 amide bonds. The predicted molar refractivity (Wildman–Crippen MR) is 122 cm³/mol. The summed E-state index contributed by atoms with van der Waals surface area (Å²) >= 11 is 0. The molecule has 5 unspecified atom stereocenters. The molecule has 0 aliphatic heterocycles. The van der Waals surface area contributed by atoms with Crippen molar-refractivity contribution in [3.8, 4) is 0 Å². The Balaban J connectivity index is 1.68. The fourth-order valence-corrected chi connectivity index (χ4v) is 9.17. The highest BCUT2D eigenvalue weighted by molar-refractivity contribution is 7.86. The minimum Gasteiger partial charge on any atom is -0.391 e. The number of hydrogen-bond donors (Lipinski definition) is 1. The summed E-state index contributed by atoms with van der Waals surface area (Å²) in [7, 11) is -4.19. The molecular weight excluding hydrogens is 440 g/mol. The molecule has 0 heterocycles. The van der Waals surface area contributed by atoms with Crippen LogP contribution in [-0.4, -0.2) is 37.3 Å². The van der Waals surface area contributed by atoms with E-state index in [1.165, 1.54) is 12.1 Å². The molecule has 2 bridgehead atoms. The van der Waals surface area contributed by atoms with E-state index >= 15 is 0 Å². The Bertz CT molecular complexity index is 1140. The standard InChI is InChI=1S/C26H32O6S/c1-15-17-10-11-18-25(4)13-12-20(27)24(2,3)19(25)14-21(26(18,22(15)28)23(17)29)32-33(30,31)16-8-6-5-7-9-16/h5-9,17-19,21,23,29H,1,10-14H2,2-4H3/t17?,18?,19-,21?,23?,25+,26?/m1/s1. The van der Waals surface area contributed by atoms with Crippen LogP contribution in [0.2, 0.25) is 0 Å². The molecule has 0 saturated heterocycles. The van der Waals surface area contributed by atoms with Crippen molar-refractivity contribution in [2.45, 2.75) is 70.0 Å². The third-order valence-corrected chi connectivity index (χ3v) is 11.0. The smallest absolute Gasteiger partial charge is 0.297 e. The summed E-state index contributed by atoms with van der Waals surface area (Å²) in [5, 5.41) is 11.5. The zero-order valence-electron chi connectivity index (χ0n) is 19.4. The van der Waals surface area contributed by atoms with Crippen LogP contribution < -0.4 is 0 Å². The molecule has 178 valence electrons. The van der Waals surface area contributed by atoms with Crippen molar-refractivity contribution >= 4 is 21.7 Å². The van der Waals surface area contributed by atoms with Crippen molar-refractivity contribution in [3.05, 3.63) is 42.5 Å². The molecule has 1 N–H and O–H groups in total. The minimum absolute atomic E-state index is 0.0105. The summed E-state index contributed by atoms with van der Waals surface area (Å²) < 4.78 is 32.5. The zero-order chi connectivity index (χ0) is 24.0. The van der Waals surface area contributed by atoms with E-state index in [1.54, 1.807) is 18.2 Å². The SMILES string of the molecule is C=C1C(=O)C23C(OS(=O)(=O)c4ccccc4)C[C@@H]4C(C)(C)C(=O)CC[C@@]4(C)C2CCC1C3O. The first-order chi connectivity index (χ1) is 15.4. The number of carbonyl (C=O) groups excluding carboxylic acids is 2. The number of benzene rings is 1. The van der Waals surface area contributed by atoms with E-state index in [0.717, 1.165) is 0 Å². The molecule has 1 spiro atoms. The fourth-order valence-electron chi connectivity index (χ4n) is 8.02. The van der Waals surface area contributed by atoms with Gasteiger partial charge in [0.1, 0.15) is 5.78 Å². The normalized spacial score (nSPS) is 42.1. The molecule has 4 aliphatic rings. The lowest BCUT2D eigenvalue weighted by atomic mass is 9.39.